The van der Waals surface area contributed by atoms with E-state index in [1.807, 2.05) is 36.9 Å². The van der Waals surface area contributed by atoms with Crippen LogP contribution >= 0.6 is 0 Å². The maximum Gasteiger partial charge on any atom is 0.254 e. The third kappa shape index (κ3) is 3.17. The van der Waals surface area contributed by atoms with Gasteiger partial charge in [-0.15, -0.1) is 0 Å². The molecule has 0 atom stereocenters. The fourth-order valence-corrected chi connectivity index (χ4v) is 3.09. The van der Waals surface area contributed by atoms with E-state index in [1.165, 1.54) is 6.33 Å². The van der Waals surface area contributed by atoms with Gasteiger partial charge in [0.15, 0.2) is 0 Å². The Balaban J connectivity index is 1.43. The Morgan fingerprint density at radius 3 is 2.73 bits per heavy atom. The number of fused-ring (bicyclic) bond motifs is 1. The fourth-order valence-electron chi connectivity index (χ4n) is 3.09. The van der Waals surface area contributed by atoms with E-state index in [2.05, 4.69) is 20.0 Å². The van der Waals surface area contributed by atoms with Gasteiger partial charge in [0.05, 0.1) is 0 Å². The Morgan fingerprint density at radius 1 is 1.19 bits per heavy atom. The van der Waals surface area contributed by atoms with Crippen molar-refractivity contribution in [2.24, 2.45) is 0 Å². The van der Waals surface area contributed by atoms with Crippen LogP contribution in [0.25, 0.3) is 11.9 Å². The van der Waals surface area contributed by atoms with Crippen LogP contribution in [0.1, 0.15) is 17.2 Å². The highest BCUT2D eigenvalue weighted by Gasteiger charge is 2.22. The van der Waals surface area contributed by atoms with Gasteiger partial charge in [-0.1, -0.05) is 0 Å². The van der Waals surface area contributed by atoms with Gasteiger partial charge >= 0.3 is 0 Å². The zero-order chi connectivity index (χ0) is 18.1. The molecule has 3 aromatic heterocycles. The van der Waals surface area contributed by atoms with E-state index >= 15 is 0 Å². The number of rotatable bonds is 3. The summed E-state index contributed by atoms with van der Waals surface area (Å²) in [5, 5.41) is 4.25. The fraction of sp³-hybridized carbons (Fsp3) is 0.333. The van der Waals surface area contributed by atoms with Crippen LogP contribution in [-0.2, 0) is 4.79 Å². The zero-order valence-electron chi connectivity index (χ0n) is 14.8. The average molecular weight is 352 g/mol. The van der Waals surface area contributed by atoms with Crippen molar-refractivity contribution in [3.05, 3.63) is 47.8 Å². The highest BCUT2D eigenvalue weighted by molar-refractivity contribution is 5.91. The second kappa shape index (κ2) is 6.62. The van der Waals surface area contributed by atoms with Crippen molar-refractivity contribution in [2.45, 2.75) is 13.8 Å². The van der Waals surface area contributed by atoms with E-state index in [-0.39, 0.29) is 5.91 Å². The summed E-state index contributed by atoms with van der Waals surface area (Å²) >= 11 is 0. The van der Waals surface area contributed by atoms with Crippen LogP contribution in [0.15, 0.2) is 35.0 Å². The van der Waals surface area contributed by atoms with Crippen molar-refractivity contribution in [2.75, 3.05) is 31.1 Å². The van der Waals surface area contributed by atoms with E-state index in [4.69, 9.17) is 4.42 Å². The molecule has 4 rings (SSSR count). The Morgan fingerprint density at radius 2 is 2.00 bits per heavy atom. The van der Waals surface area contributed by atoms with E-state index in [1.54, 1.807) is 16.7 Å². The third-order valence-corrected chi connectivity index (χ3v) is 4.43. The Labute approximate surface area is 150 Å². The van der Waals surface area contributed by atoms with Crippen LogP contribution in [0.5, 0.6) is 0 Å². The molecule has 1 aliphatic rings. The second-order valence-corrected chi connectivity index (χ2v) is 6.32. The molecule has 1 aliphatic heterocycles. The highest BCUT2D eigenvalue weighted by atomic mass is 16.3. The van der Waals surface area contributed by atoms with Gasteiger partial charge in [-0.05, 0) is 32.1 Å². The lowest BCUT2D eigenvalue weighted by Crippen LogP contribution is -2.48. The number of aryl methyl sites for hydroxylation is 2. The van der Waals surface area contributed by atoms with Crippen LogP contribution in [-0.4, -0.2) is 56.6 Å². The molecule has 1 saturated heterocycles. The van der Waals surface area contributed by atoms with Crippen molar-refractivity contribution < 1.29 is 9.21 Å². The molecule has 0 unspecified atom stereocenters. The molecule has 0 spiro atoms. The number of nitrogens with zero attached hydrogens (tertiary/aromatic N) is 6. The van der Waals surface area contributed by atoms with Gasteiger partial charge < -0.3 is 14.2 Å². The van der Waals surface area contributed by atoms with Gasteiger partial charge in [-0.3, -0.25) is 4.79 Å². The first-order valence-corrected chi connectivity index (χ1v) is 8.56. The molecule has 0 N–H and O–H groups in total. The van der Waals surface area contributed by atoms with Crippen LogP contribution in [0.4, 0.5) is 5.82 Å². The van der Waals surface area contributed by atoms with Crippen LogP contribution < -0.4 is 4.90 Å². The molecular weight excluding hydrogens is 332 g/mol. The first-order valence-electron chi connectivity index (χ1n) is 8.56. The number of piperazine rings is 1. The van der Waals surface area contributed by atoms with Crippen molar-refractivity contribution in [3.63, 3.8) is 0 Å². The van der Waals surface area contributed by atoms with E-state index < -0.39 is 0 Å². The van der Waals surface area contributed by atoms with Crippen molar-refractivity contribution in [3.8, 4) is 0 Å². The normalized spacial score (nSPS) is 15.3. The molecule has 0 radical (unpaired) electrons. The lowest BCUT2D eigenvalue weighted by Gasteiger charge is -2.35. The summed E-state index contributed by atoms with van der Waals surface area (Å²) in [6, 6.07) is 5.73. The van der Waals surface area contributed by atoms with Gasteiger partial charge in [0.2, 0.25) is 5.91 Å². The van der Waals surface area contributed by atoms with Crippen molar-refractivity contribution in [1.29, 1.82) is 0 Å². The molecule has 8 heteroatoms. The van der Waals surface area contributed by atoms with E-state index in [0.29, 0.717) is 24.6 Å². The summed E-state index contributed by atoms with van der Waals surface area (Å²) in [5.74, 6) is 3.07. The monoisotopic (exact) mass is 352 g/mol. The molecule has 1 amide bonds. The zero-order valence-corrected chi connectivity index (χ0v) is 14.8. The molecule has 0 aliphatic carbocycles. The first kappa shape index (κ1) is 16.3. The smallest absolute Gasteiger partial charge is 0.254 e. The highest BCUT2D eigenvalue weighted by Crippen LogP contribution is 2.18. The van der Waals surface area contributed by atoms with Gasteiger partial charge in [0.1, 0.15) is 23.7 Å². The van der Waals surface area contributed by atoms with Crippen LogP contribution in [0.3, 0.4) is 0 Å². The summed E-state index contributed by atoms with van der Waals surface area (Å²) in [7, 11) is 0. The van der Waals surface area contributed by atoms with Gasteiger partial charge in [0.25, 0.3) is 5.78 Å². The molecule has 0 aromatic carbocycles. The predicted octanol–water partition coefficient (Wildman–Crippen LogP) is 1.70. The number of hydrogen-bond donors (Lipinski definition) is 0. The molecule has 8 nitrogen and oxygen atoms in total. The minimum atomic E-state index is -0.00415. The number of carbonyl (C=O) groups is 1. The quantitative estimate of drug-likeness (QED) is 0.668. The van der Waals surface area contributed by atoms with Crippen LogP contribution in [0, 0.1) is 13.8 Å². The molecule has 4 heterocycles. The topological polar surface area (TPSA) is 79.8 Å². The second-order valence-electron chi connectivity index (χ2n) is 6.32. The predicted molar refractivity (Wildman–Crippen MR) is 96.8 cm³/mol. The maximum absolute atomic E-state index is 12.4. The maximum atomic E-state index is 12.4. The van der Waals surface area contributed by atoms with Crippen molar-refractivity contribution >= 4 is 23.6 Å². The lowest BCUT2D eigenvalue weighted by atomic mass is 10.2. The summed E-state index contributed by atoms with van der Waals surface area (Å²) in [6.45, 7) is 6.59. The van der Waals surface area contributed by atoms with Gasteiger partial charge in [-0.2, -0.15) is 14.6 Å². The van der Waals surface area contributed by atoms with Gasteiger partial charge in [-0.25, -0.2) is 4.98 Å². The van der Waals surface area contributed by atoms with Crippen molar-refractivity contribution in [1.82, 2.24) is 24.5 Å². The molecule has 26 heavy (non-hydrogen) atoms. The summed E-state index contributed by atoms with van der Waals surface area (Å²) in [6.07, 6.45) is 4.79. The molecule has 134 valence electrons. The minimum absolute atomic E-state index is 0.00415. The Hall–Kier alpha value is -3.16. The minimum Gasteiger partial charge on any atom is -0.462 e. The third-order valence-electron chi connectivity index (χ3n) is 4.43. The average Bonchev–Trinajstić information content (AvgIpc) is 3.27. The SMILES string of the molecule is Cc1cc(N2CCN(C(=O)C=Cc3ccc(C)o3)CC2)n2ncnc2n1. The number of furan rings is 1. The summed E-state index contributed by atoms with van der Waals surface area (Å²) in [5.41, 5.74) is 0.899. The first-order chi connectivity index (χ1) is 12.6. The lowest BCUT2D eigenvalue weighted by molar-refractivity contribution is -0.126. The Bertz CT molecular complexity index is 965. The van der Waals surface area contributed by atoms with Gasteiger partial charge in [0, 0.05) is 44.0 Å². The Kier molecular flexibility index (Phi) is 4.16. The standard InChI is InChI=1S/C18H20N6O2/c1-13-11-16(24-18(21-13)19-12-20-24)22-7-9-23(10-8-22)17(25)6-5-15-4-3-14(2)26-15/h3-6,11-12H,7-10H2,1-2H3. The number of aromatic nitrogens is 4. The molecular formula is C18H20N6O2. The molecule has 1 fully saturated rings. The molecule has 0 bridgehead atoms. The van der Waals surface area contributed by atoms with E-state index in [0.717, 1.165) is 30.4 Å². The number of anilines is 1. The van der Waals surface area contributed by atoms with E-state index in [9.17, 15) is 4.79 Å². The molecule has 3 aromatic rings. The summed E-state index contributed by atoms with van der Waals surface area (Å²) < 4.78 is 7.19. The van der Waals surface area contributed by atoms with Crippen LogP contribution in [0.2, 0.25) is 0 Å². The largest absolute Gasteiger partial charge is 0.462 e. The number of amides is 1. The summed E-state index contributed by atoms with van der Waals surface area (Å²) in [4.78, 5) is 25.0. The number of carbonyl (C=O) groups excluding carboxylic acids is 1. The molecule has 0 saturated carbocycles. The number of hydrogen-bond acceptors (Lipinski definition) is 6.